The molecular weight excluding hydrogens is 258 g/mol. The second-order valence-electron chi connectivity index (χ2n) is 3.42. The molecular formula is C11H21NO5S. The third-order valence-corrected chi connectivity index (χ3v) is 3.14. The van der Waals surface area contributed by atoms with Gasteiger partial charge in [0.2, 0.25) is 0 Å². The van der Waals surface area contributed by atoms with Gasteiger partial charge in [-0.25, -0.2) is 4.79 Å². The van der Waals surface area contributed by atoms with Crippen molar-refractivity contribution in [2.24, 2.45) is 0 Å². The van der Waals surface area contributed by atoms with Crippen LogP contribution in [0.5, 0.6) is 0 Å². The van der Waals surface area contributed by atoms with E-state index in [4.69, 9.17) is 9.02 Å². The second-order valence-corrected chi connectivity index (χ2v) is 5.26. The maximum atomic E-state index is 11.2. The molecule has 6 nitrogen and oxygen atoms in total. The van der Waals surface area contributed by atoms with E-state index in [9.17, 15) is 13.2 Å². The standard InChI is InChI=1S/C11H21NO5S/c1-4-7-8-11(13)16-10-9-12(5-2)17-18(14,15)6-3/h7-8H,4-6,9-10H2,1-3H3. The average molecular weight is 279 g/mol. The third-order valence-electron chi connectivity index (χ3n) is 2.00. The number of hydrogen-bond acceptors (Lipinski definition) is 6. The normalized spacial score (nSPS) is 12.2. The minimum Gasteiger partial charge on any atom is -0.461 e. The van der Waals surface area contributed by atoms with E-state index in [0.29, 0.717) is 6.54 Å². The van der Waals surface area contributed by atoms with E-state index in [1.165, 1.54) is 18.1 Å². The molecule has 0 bridgehead atoms. The quantitative estimate of drug-likeness (QED) is 0.357. The molecule has 0 aliphatic rings. The van der Waals surface area contributed by atoms with Crippen LogP contribution in [0, 0.1) is 0 Å². The van der Waals surface area contributed by atoms with Gasteiger partial charge >= 0.3 is 5.97 Å². The lowest BCUT2D eigenvalue weighted by Crippen LogP contribution is -2.31. The van der Waals surface area contributed by atoms with Gasteiger partial charge in [0.15, 0.2) is 0 Å². The van der Waals surface area contributed by atoms with Gasteiger partial charge in [-0.3, -0.25) is 0 Å². The number of rotatable bonds is 9. The van der Waals surface area contributed by atoms with Crippen molar-refractivity contribution in [3.8, 4) is 0 Å². The summed E-state index contributed by atoms with van der Waals surface area (Å²) in [6.45, 7) is 5.84. The van der Waals surface area contributed by atoms with Crippen LogP contribution in [0.1, 0.15) is 27.2 Å². The molecule has 0 aliphatic carbocycles. The van der Waals surface area contributed by atoms with Crippen LogP contribution in [0.4, 0.5) is 0 Å². The van der Waals surface area contributed by atoms with E-state index in [2.05, 4.69) is 0 Å². The van der Waals surface area contributed by atoms with Crippen LogP contribution < -0.4 is 0 Å². The van der Waals surface area contributed by atoms with Crippen LogP contribution in [0.3, 0.4) is 0 Å². The summed E-state index contributed by atoms with van der Waals surface area (Å²) in [5.74, 6) is -0.533. The summed E-state index contributed by atoms with van der Waals surface area (Å²) < 4.78 is 32.1. The molecule has 0 saturated heterocycles. The molecule has 0 aliphatic heterocycles. The van der Waals surface area contributed by atoms with Gasteiger partial charge in [-0.05, 0) is 13.3 Å². The topological polar surface area (TPSA) is 72.9 Å². The SMILES string of the molecule is CCC=CC(=O)OCCN(CC)OS(=O)(=O)CC. The zero-order valence-corrected chi connectivity index (χ0v) is 11.9. The van der Waals surface area contributed by atoms with E-state index in [1.807, 2.05) is 6.92 Å². The van der Waals surface area contributed by atoms with Crippen molar-refractivity contribution in [2.75, 3.05) is 25.4 Å². The van der Waals surface area contributed by atoms with Gasteiger partial charge in [0, 0.05) is 12.6 Å². The van der Waals surface area contributed by atoms with Crippen molar-refractivity contribution in [3.05, 3.63) is 12.2 Å². The van der Waals surface area contributed by atoms with Crippen molar-refractivity contribution in [1.29, 1.82) is 0 Å². The Morgan fingerprint density at radius 3 is 2.44 bits per heavy atom. The van der Waals surface area contributed by atoms with Crippen LogP contribution in [0.2, 0.25) is 0 Å². The van der Waals surface area contributed by atoms with Crippen molar-refractivity contribution in [2.45, 2.75) is 27.2 Å². The zero-order chi connectivity index (χ0) is 14.0. The number of likely N-dealkylation sites (N-methyl/N-ethyl adjacent to an activating group) is 1. The molecule has 7 heteroatoms. The Balaban J connectivity index is 4.02. The predicted octanol–water partition coefficient (Wildman–Crippen LogP) is 1.10. The number of carbonyl (C=O) groups is 1. The Bertz CT molecular complexity index is 364. The van der Waals surface area contributed by atoms with Gasteiger partial charge in [-0.1, -0.05) is 19.9 Å². The lowest BCUT2D eigenvalue weighted by molar-refractivity contribution is -0.140. The molecule has 0 aromatic carbocycles. The minimum atomic E-state index is -3.52. The highest BCUT2D eigenvalue weighted by Crippen LogP contribution is 1.99. The summed E-state index contributed by atoms with van der Waals surface area (Å²) >= 11 is 0. The maximum Gasteiger partial charge on any atom is 0.330 e. The largest absolute Gasteiger partial charge is 0.461 e. The average Bonchev–Trinajstić information content (AvgIpc) is 2.34. The summed E-state index contributed by atoms with van der Waals surface area (Å²) in [4.78, 5) is 11.1. The Morgan fingerprint density at radius 2 is 1.94 bits per heavy atom. The van der Waals surface area contributed by atoms with Crippen LogP contribution >= 0.6 is 0 Å². The monoisotopic (exact) mass is 279 g/mol. The summed E-state index contributed by atoms with van der Waals surface area (Å²) in [5, 5.41) is 1.25. The Kier molecular flexibility index (Phi) is 8.61. The minimum absolute atomic E-state index is 0.0833. The lowest BCUT2D eigenvalue weighted by atomic mass is 10.4. The van der Waals surface area contributed by atoms with Gasteiger partial charge < -0.3 is 4.74 Å². The molecule has 0 N–H and O–H groups in total. The zero-order valence-electron chi connectivity index (χ0n) is 11.1. The maximum absolute atomic E-state index is 11.2. The molecule has 0 heterocycles. The van der Waals surface area contributed by atoms with Crippen molar-refractivity contribution < 1.29 is 22.2 Å². The van der Waals surface area contributed by atoms with Crippen molar-refractivity contribution in [1.82, 2.24) is 5.06 Å². The number of esters is 1. The van der Waals surface area contributed by atoms with Crippen molar-refractivity contribution >= 4 is 16.1 Å². The van der Waals surface area contributed by atoms with Gasteiger partial charge in [0.25, 0.3) is 10.1 Å². The summed E-state index contributed by atoms with van der Waals surface area (Å²) in [7, 11) is -3.52. The van der Waals surface area contributed by atoms with Gasteiger partial charge in [0.1, 0.15) is 6.61 Å². The van der Waals surface area contributed by atoms with Gasteiger partial charge in [-0.2, -0.15) is 17.8 Å². The number of carbonyl (C=O) groups excluding carboxylic acids is 1. The molecule has 0 aromatic heterocycles. The molecule has 106 valence electrons. The van der Waals surface area contributed by atoms with E-state index < -0.39 is 16.1 Å². The van der Waals surface area contributed by atoms with Crippen LogP contribution in [0.15, 0.2) is 12.2 Å². The number of hydroxylamine groups is 2. The summed E-state index contributed by atoms with van der Waals surface area (Å²) in [6, 6.07) is 0. The first-order valence-electron chi connectivity index (χ1n) is 5.95. The number of hydrogen-bond donors (Lipinski definition) is 0. The first kappa shape index (κ1) is 17.1. The van der Waals surface area contributed by atoms with E-state index >= 15 is 0 Å². The van der Waals surface area contributed by atoms with Gasteiger partial charge in [-0.15, -0.1) is 0 Å². The number of allylic oxidation sites excluding steroid dienone is 1. The molecule has 0 atom stereocenters. The fourth-order valence-corrected chi connectivity index (χ4v) is 1.58. The fourth-order valence-electron chi connectivity index (χ4n) is 0.972. The van der Waals surface area contributed by atoms with Crippen molar-refractivity contribution in [3.63, 3.8) is 0 Å². The Labute approximate surface area is 109 Å². The molecule has 0 unspecified atom stereocenters. The molecule has 0 saturated carbocycles. The highest BCUT2D eigenvalue weighted by Gasteiger charge is 2.14. The third kappa shape index (κ3) is 8.21. The van der Waals surface area contributed by atoms with Crippen LogP contribution in [-0.4, -0.2) is 44.9 Å². The summed E-state index contributed by atoms with van der Waals surface area (Å²) in [6.07, 6.45) is 3.80. The van der Waals surface area contributed by atoms with Crippen LogP contribution in [0.25, 0.3) is 0 Å². The summed E-state index contributed by atoms with van der Waals surface area (Å²) in [5.41, 5.74) is 0. The second kappa shape index (κ2) is 9.07. The van der Waals surface area contributed by atoms with E-state index in [-0.39, 0.29) is 18.9 Å². The highest BCUT2D eigenvalue weighted by molar-refractivity contribution is 7.86. The fraction of sp³-hybridized carbons (Fsp3) is 0.727. The first-order valence-corrected chi connectivity index (χ1v) is 7.53. The molecule has 0 rings (SSSR count). The molecule has 0 spiro atoms. The van der Waals surface area contributed by atoms with Gasteiger partial charge in [0.05, 0.1) is 12.3 Å². The van der Waals surface area contributed by atoms with E-state index in [0.717, 1.165) is 6.42 Å². The highest BCUT2D eigenvalue weighted by atomic mass is 32.2. The molecule has 18 heavy (non-hydrogen) atoms. The smallest absolute Gasteiger partial charge is 0.330 e. The Hall–Kier alpha value is -0.920. The molecule has 0 aromatic rings. The molecule has 0 amide bonds. The van der Waals surface area contributed by atoms with Crippen LogP contribution in [-0.2, 0) is 23.9 Å². The number of nitrogens with zero attached hydrogens (tertiary/aromatic N) is 1. The molecule has 0 radical (unpaired) electrons. The predicted molar refractivity (Wildman–Crippen MR) is 68.2 cm³/mol. The number of ether oxygens (including phenoxy) is 1. The molecule has 0 fully saturated rings. The Morgan fingerprint density at radius 1 is 1.28 bits per heavy atom. The van der Waals surface area contributed by atoms with E-state index in [1.54, 1.807) is 13.0 Å². The first-order chi connectivity index (χ1) is 8.45. The lowest BCUT2D eigenvalue weighted by Gasteiger charge is -2.18.